The van der Waals surface area contributed by atoms with Crippen molar-refractivity contribution < 1.29 is 24.0 Å². The molecule has 0 saturated carbocycles. The van der Waals surface area contributed by atoms with Gasteiger partial charge in [-0.3, -0.25) is 0 Å². The standard InChI is InChI=1S/C23H26P.HI/c1-3-20(2)19-24(21-13-7-4-8-14-21,22-15-9-5-10-16-22)23-17-11-6-12-18-23;/h4-18,20H,3,19H2,1-2H3;1H/q+1;/p-1/t20-;/m0./s1. The highest BCUT2D eigenvalue weighted by Crippen LogP contribution is 2.56. The maximum atomic E-state index is 2.39. The highest BCUT2D eigenvalue weighted by Gasteiger charge is 2.45. The van der Waals surface area contributed by atoms with Crippen molar-refractivity contribution in [3.05, 3.63) is 91.0 Å². The smallest absolute Gasteiger partial charge is 0.112 e. The van der Waals surface area contributed by atoms with E-state index in [4.69, 9.17) is 0 Å². The third kappa shape index (κ3) is 4.33. The van der Waals surface area contributed by atoms with Crippen LogP contribution in [-0.2, 0) is 0 Å². The maximum absolute atomic E-state index is 2.39. The van der Waals surface area contributed by atoms with Gasteiger partial charge >= 0.3 is 0 Å². The maximum Gasteiger partial charge on any atom is 0.112 e. The summed E-state index contributed by atoms with van der Waals surface area (Å²) in [5.74, 6) is 0.693. The fraction of sp³-hybridized carbons (Fsp3) is 0.217. The number of rotatable bonds is 6. The number of hydrogen-bond donors (Lipinski definition) is 0. The molecule has 0 saturated heterocycles. The van der Waals surface area contributed by atoms with E-state index >= 15 is 0 Å². The molecule has 0 heterocycles. The average Bonchev–Trinajstić information content (AvgIpc) is 2.68. The van der Waals surface area contributed by atoms with E-state index in [1.807, 2.05) is 0 Å². The molecule has 3 rings (SSSR count). The molecule has 0 amide bonds. The molecular formula is C23H26IP. The van der Waals surface area contributed by atoms with Crippen molar-refractivity contribution in [1.29, 1.82) is 0 Å². The van der Waals surface area contributed by atoms with Crippen LogP contribution < -0.4 is 39.9 Å². The zero-order chi connectivity index (χ0) is 16.8. The van der Waals surface area contributed by atoms with E-state index in [9.17, 15) is 0 Å². The summed E-state index contributed by atoms with van der Waals surface area (Å²) < 4.78 is 0. The molecule has 3 aromatic rings. The Kier molecular flexibility index (Phi) is 7.65. The van der Waals surface area contributed by atoms with Gasteiger partial charge in [0.1, 0.15) is 23.2 Å². The van der Waals surface area contributed by atoms with E-state index in [1.54, 1.807) is 0 Å². The van der Waals surface area contributed by atoms with Gasteiger partial charge in [0.25, 0.3) is 0 Å². The van der Waals surface area contributed by atoms with Gasteiger partial charge in [-0.15, -0.1) is 0 Å². The van der Waals surface area contributed by atoms with Gasteiger partial charge in [0, 0.05) is 0 Å². The van der Waals surface area contributed by atoms with E-state index in [-0.39, 0.29) is 24.0 Å². The summed E-state index contributed by atoms with van der Waals surface area (Å²) in [5.41, 5.74) is 0. The molecule has 0 unspecified atom stereocenters. The Morgan fingerprint density at radius 1 is 0.640 bits per heavy atom. The molecule has 0 nitrogen and oxygen atoms in total. The fourth-order valence-corrected chi connectivity index (χ4v) is 8.17. The molecule has 3 aromatic carbocycles. The van der Waals surface area contributed by atoms with Crippen molar-refractivity contribution in [3.63, 3.8) is 0 Å². The lowest BCUT2D eigenvalue weighted by atomic mass is 10.2. The summed E-state index contributed by atoms with van der Waals surface area (Å²) >= 11 is 0. The summed E-state index contributed by atoms with van der Waals surface area (Å²) in [5, 5.41) is 4.47. The molecule has 1 atom stereocenters. The Bertz CT molecular complexity index is 644. The molecule has 25 heavy (non-hydrogen) atoms. The van der Waals surface area contributed by atoms with Crippen molar-refractivity contribution in [2.45, 2.75) is 20.3 Å². The average molecular weight is 460 g/mol. The first-order valence-corrected chi connectivity index (χ1v) is 10.8. The zero-order valence-electron chi connectivity index (χ0n) is 15.0. The summed E-state index contributed by atoms with van der Waals surface area (Å²) in [6.07, 6.45) is 2.44. The summed E-state index contributed by atoms with van der Waals surface area (Å²) in [4.78, 5) is 0. The summed E-state index contributed by atoms with van der Waals surface area (Å²) in [7, 11) is -1.63. The minimum Gasteiger partial charge on any atom is -1.00 e. The number of hydrogen-bond acceptors (Lipinski definition) is 0. The Morgan fingerprint density at radius 2 is 0.960 bits per heavy atom. The Morgan fingerprint density at radius 3 is 1.24 bits per heavy atom. The normalized spacial score (nSPS) is 12.2. The van der Waals surface area contributed by atoms with Gasteiger partial charge in [-0.05, 0) is 42.3 Å². The van der Waals surface area contributed by atoms with Gasteiger partial charge in [-0.1, -0.05) is 74.9 Å². The Hall–Kier alpha value is -1.18. The van der Waals surface area contributed by atoms with E-state index < -0.39 is 7.26 Å². The van der Waals surface area contributed by atoms with Crippen LogP contribution in [0.4, 0.5) is 0 Å². The number of halogens is 1. The van der Waals surface area contributed by atoms with Gasteiger partial charge in [0.15, 0.2) is 0 Å². The molecule has 0 fully saturated rings. The van der Waals surface area contributed by atoms with Gasteiger partial charge in [0.05, 0.1) is 6.16 Å². The van der Waals surface area contributed by atoms with Crippen LogP contribution in [0.15, 0.2) is 91.0 Å². The molecule has 0 spiro atoms. The number of benzene rings is 3. The lowest BCUT2D eigenvalue weighted by molar-refractivity contribution is -0.00000486. The fourth-order valence-electron chi connectivity index (χ4n) is 3.41. The SMILES string of the molecule is CC[C@H](C)C[P+](c1ccccc1)(c1ccccc1)c1ccccc1.[I-]. The van der Waals surface area contributed by atoms with Crippen LogP contribution in [0.3, 0.4) is 0 Å². The molecule has 0 aromatic heterocycles. The first-order valence-electron chi connectivity index (χ1n) is 8.82. The van der Waals surface area contributed by atoms with Gasteiger partial charge in [-0.25, -0.2) is 0 Å². The lowest BCUT2D eigenvalue weighted by Gasteiger charge is -2.29. The molecule has 2 heteroatoms. The van der Waals surface area contributed by atoms with Crippen LogP contribution in [0.5, 0.6) is 0 Å². The van der Waals surface area contributed by atoms with E-state index in [0.717, 1.165) is 0 Å². The summed E-state index contributed by atoms with van der Waals surface area (Å²) in [6.45, 7) is 4.70. The zero-order valence-corrected chi connectivity index (χ0v) is 18.0. The molecular weight excluding hydrogens is 434 g/mol. The predicted molar refractivity (Wildman–Crippen MR) is 109 cm³/mol. The van der Waals surface area contributed by atoms with Gasteiger partial charge in [-0.2, -0.15) is 0 Å². The van der Waals surface area contributed by atoms with Crippen LogP contribution in [-0.4, -0.2) is 6.16 Å². The molecule has 0 aliphatic heterocycles. The molecule has 0 aliphatic rings. The van der Waals surface area contributed by atoms with Crippen LogP contribution >= 0.6 is 7.26 Å². The van der Waals surface area contributed by atoms with E-state index in [1.165, 1.54) is 28.5 Å². The van der Waals surface area contributed by atoms with Crippen molar-refractivity contribution in [2.75, 3.05) is 6.16 Å². The first kappa shape index (κ1) is 20.1. The third-order valence-electron chi connectivity index (χ3n) is 4.87. The quantitative estimate of drug-likeness (QED) is 0.390. The Labute approximate surface area is 170 Å². The van der Waals surface area contributed by atoms with E-state index in [2.05, 4.69) is 105 Å². The van der Waals surface area contributed by atoms with Gasteiger partial charge in [0.2, 0.25) is 0 Å². The monoisotopic (exact) mass is 460 g/mol. The predicted octanol–water partition coefficient (Wildman–Crippen LogP) is 2.03. The minimum absolute atomic E-state index is 0. The van der Waals surface area contributed by atoms with Crippen LogP contribution in [0.1, 0.15) is 20.3 Å². The highest BCUT2D eigenvalue weighted by molar-refractivity contribution is 7.95. The van der Waals surface area contributed by atoms with Gasteiger partial charge < -0.3 is 24.0 Å². The molecule has 0 aliphatic carbocycles. The largest absolute Gasteiger partial charge is 1.00 e. The lowest BCUT2D eigenvalue weighted by Crippen LogP contribution is -3.00. The molecule has 0 bridgehead atoms. The minimum atomic E-state index is -1.63. The highest BCUT2D eigenvalue weighted by atomic mass is 127. The topological polar surface area (TPSA) is 0 Å². The molecule has 0 radical (unpaired) electrons. The van der Waals surface area contributed by atoms with Crippen molar-refractivity contribution in [2.24, 2.45) is 5.92 Å². The molecule has 130 valence electrons. The van der Waals surface area contributed by atoms with Crippen molar-refractivity contribution in [1.82, 2.24) is 0 Å². The second-order valence-corrected chi connectivity index (χ2v) is 10.0. The second-order valence-electron chi connectivity index (χ2n) is 6.51. The van der Waals surface area contributed by atoms with Crippen LogP contribution in [0.25, 0.3) is 0 Å². The van der Waals surface area contributed by atoms with Crippen LogP contribution in [0.2, 0.25) is 0 Å². The van der Waals surface area contributed by atoms with E-state index in [0.29, 0.717) is 5.92 Å². The third-order valence-corrected chi connectivity index (χ3v) is 9.58. The molecule has 0 N–H and O–H groups in total. The Balaban J connectivity index is 0.00000225. The summed E-state index contributed by atoms with van der Waals surface area (Å²) in [6, 6.07) is 33.5. The van der Waals surface area contributed by atoms with Crippen molar-refractivity contribution in [3.8, 4) is 0 Å². The van der Waals surface area contributed by atoms with Crippen molar-refractivity contribution >= 4 is 23.2 Å². The first-order chi connectivity index (χ1) is 11.8. The second kappa shape index (κ2) is 9.50. The van der Waals surface area contributed by atoms with Crippen LogP contribution in [0, 0.1) is 5.92 Å².